The molecule has 0 aliphatic carbocycles. The number of anilines is 3. The molecule has 45 heavy (non-hydrogen) atoms. The van der Waals surface area contributed by atoms with Crippen LogP contribution in [0.2, 0.25) is 0 Å². The summed E-state index contributed by atoms with van der Waals surface area (Å²) in [5.74, 6) is 0. The second-order valence-electron chi connectivity index (χ2n) is 11.5. The van der Waals surface area contributed by atoms with E-state index in [0.717, 1.165) is 61.2 Å². The molecule has 5 aromatic carbocycles. The molecule has 0 aliphatic heterocycles. The van der Waals surface area contributed by atoms with E-state index in [1.165, 1.54) is 21.9 Å². The molecule has 0 unspecified atom stereocenters. The van der Waals surface area contributed by atoms with Gasteiger partial charge in [-0.3, -0.25) is 18.8 Å². The average molecular weight is 576 g/mol. The Labute approximate surface area is 258 Å². The fourth-order valence-electron chi connectivity index (χ4n) is 7.27. The summed E-state index contributed by atoms with van der Waals surface area (Å²) in [5.41, 5.74) is 13.2. The standard InChI is InChI=1S/C40H25N5/c1-2-12-28(13-3-1)43(29-22-20-27(21-23-29)31-15-6-11-26-10-4-5-14-30(26)31)34-16-7-17-35-39(34)45-33-19-9-25-42-38(33)36-37-32(18-8-24-41-37)44(35)40(36)45/h1-25H. The number of fused-ring (bicyclic) bond motifs is 10. The van der Waals surface area contributed by atoms with Gasteiger partial charge in [0, 0.05) is 23.8 Å². The van der Waals surface area contributed by atoms with Gasteiger partial charge in [0.15, 0.2) is 0 Å². The van der Waals surface area contributed by atoms with Crippen molar-refractivity contribution in [1.82, 2.24) is 18.8 Å². The van der Waals surface area contributed by atoms with Gasteiger partial charge in [-0.25, -0.2) is 0 Å². The van der Waals surface area contributed by atoms with Crippen LogP contribution in [0.3, 0.4) is 0 Å². The Bertz CT molecular complexity index is 2690. The summed E-state index contributed by atoms with van der Waals surface area (Å²) in [7, 11) is 0. The second kappa shape index (κ2) is 9.15. The Balaban J connectivity index is 1.26. The molecule has 0 saturated heterocycles. The maximum absolute atomic E-state index is 4.86. The highest BCUT2D eigenvalue weighted by molar-refractivity contribution is 6.22. The average Bonchev–Trinajstić information content (AvgIpc) is 3.74. The summed E-state index contributed by atoms with van der Waals surface area (Å²) >= 11 is 0. The van der Waals surface area contributed by atoms with Gasteiger partial charge in [-0.15, -0.1) is 0 Å². The molecule has 5 aromatic heterocycles. The van der Waals surface area contributed by atoms with Crippen molar-refractivity contribution >= 4 is 72.0 Å². The van der Waals surface area contributed by atoms with Gasteiger partial charge in [0.1, 0.15) is 16.7 Å². The predicted octanol–water partition coefficient (Wildman–Crippen LogP) is 10.2. The topological polar surface area (TPSA) is 37.8 Å². The molecular weight excluding hydrogens is 550 g/mol. The summed E-state index contributed by atoms with van der Waals surface area (Å²) in [6.45, 7) is 0. The number of benzene rings is 5. The van der Waals surface area contributed by atoms with E-state index in [4.69, 9.17) is 9.97 Å². The number of para-hydroxylation sites is 2. The Hall–Kier alpha value is -6.20. The Morgan fingerprint density at radius 1 is 0.489 bits per heavy atom. The molecule has 0 saturated carbocycles. The van der Waals surface area contributed by atoms with Crippen LogP contribution >= 0.6 is 0 Å². The molecule has 0 radical (unpaired) electrons. The van der Waals surface area contributed by atoms with E-state index in [2.05, 4.69) is 141 Å². The maximum atomic E-state index is 4.86. The molecule has 5 nitrogen and oxygen atoms in total. The minimum atomic E-state index is 0.973. The van der Waals surface area contributed by atoms with Crippen molar-refractivity contribution in [1.29, 1.82) is 0 Å². The van der Waals surface area contributed by atoms with Crippen LogP contribution in [0.5, 0.6) is 0 Å². The van der Waals surface area contributed by atoms with Gasteiger partial charge in [0.2, 0.25) is 0 Å². The first-order valence-corrected chi connectivity index (χ1v) is 15.2. The zero-order chi connectivity index (χ0) is 29.5. The number of aromatic nitrogens is 4. The van der Waals surface area contributed by atoms with Crippen LogP contribution in [0.15, 0.2) is 152 Å². The van der Waals surface area contributed by atoms with E-state index in [-0.39, 0.29) is 0 Å². The van der Waals surface area contributed by atoms with Gasteiger partial charge in [0.25, 0.3) is 0 Å². The molecule has 10 aromatic rings. The Morgan fingerprint density at radius 3 is 1.93 bits per heavy atom. The van der Waals surface area contributed by atoms with Gasteiger partial charge in [0.05, 0.1) is 33.1 Å². The molecule has 0 bridgehead atoms. The van der Waals surface area contributed by atoms with Crippen molar-refractivity contribution in [3.63, 3.8) is 0 Å². The van der Waals surface area contributed by atoms with Crippen LogP contribution in [0.1, 0.15) is 0 Å². The molecule has 0 aliphatic rings. The highest BCUT2D eigenvalue weighted by Crippen LogP contribution is 2.45. The van der Waals surface area contributed by atoms with E-state index < -0.39 is 0 Å². The normalized spacial score (nSPS) is 12.0. The molecular formula is C40H25N5. The molecule has 210 valence electrons. The fourth-order valence-corrected chi connectivity index (χ4v) is 7.27. The molecule has 0 amide bonds. The number of pyridine rings is 2. The molecule has 0 atom stereocenters. The van der Waals surface area contributed by atoms with E-state index in [1.807, 2.05) is 24.5 Å². The highest BCUT2D eigenvalue weighted by atomic mass is 15.2. The molecule has 0 N–H and O–H groups in total. The van der Waals surface area contributed by atoms with Crippen molar-refractivity contribution in [2.45, 2.75) is 0 Å². The largest absolute Gasteiger partial charge is 0.308 e. The van der Waals surface area contributed by atoms with Crippen LogP contribution in [0, 0.1) is 0 Å². The Kier molecular flexibility index (Phi) is 4.93. The minimum Gasteiger partial charge on any atom is -0.308 e. The summed E-state index contributed by atoms with van der Waals surface area (Å²) in [5, 5.41) is 3.60. The SMILES string of the molecule is c1ccc(N(c2ccc(-c3cccc4ccccc34)cc2)c2cccc3c2n2c4cccnc4c4c5ncccc5n3c42)cc1. The van der Waals surface area contributed by atoms with Crippen molar-refractivity contribution < 1.29 is 0 Å². The highest BCUT2D eigenvalue weighted by Gasteiger charge is 2.27. The molecule has 5 heteroatoms. The fraction of sp³-hybridized carbons (Fsp3) is 0. The number of hydrogen-bond acceptors (Lipinski definition) is 3. The van der Waals surface area contributed by atoms with Crippen LogP contribution in [0.25, 0.3) is 66.0 Å². The first-order valence-electron chi connectivity index (χ1n) is 15.2. The van der Waals surface area contributed by atoms with E-state index in [0.29, 0.717) is 0 Å². The lowest BCUT2D eigenvalue weighted by Crippen LogP contribution is -2.10. The van der Waals surface area contributed by atoms with E-state index in [9.17, 15) is 0 Å². The number of imidazole rings is 1. The quantitative estimate of drug-likeness (QED) is 0.210. The van der Waals surface area contributed by atoms with Gasteiger partial charge in [-0.1, -0.05) is 78.9 Å². The first-order chi connectivity index (χ1) is 22.4. The summed E-state index contributed by atoms with van der Waals surface area (Å²) in [4.78, 5) is 12.1. The third kappa shape index (κ3) is 3.32. The first kappa shape index (κ1) is 24.3. The molecule has 5 heterocycles. The summed E-state index contributed by atoms with van der Waals surface area (Å²) in [6, 6.07) is 49.7. The lowest BCUT2D eigenvalue weighted by Gasteiger charge is -2.26. The lowest BCUT2D eigenvalue weighted by atomic mass is 9.98. The van der Waals surface area contributed by atoms with Crippen LogP contribution < -0.4 is 4.90 Å². The van der Waals surface area contributed by atoms with Gasteiger partial charge in [-0.2, -0.15) is 0 Å². The molecule has 10 rings (SSSR count). The smallest absolute Gasteiger partial charge is 0.135 e. The third-order valence-corrected chi connectivity index (χ3v) is 9.11. The predicted molar refractivity (Wildman–Crippen MR) is 185 cm³/mol. The third-order valence-electron chi connectivity index (χ3n) is 9.11. The summed E-state index contributed by atoms with van der Waals surface area (Å²) in [6.07, 6.45) is 3.75. The van der Waals surface area contributed by atoms with E-state index in [1.54, 1.807) is 0 Å². The lowest BCUT2D eigenvalue weighted by molar-refractivity contribution is 1.25. The van der Waals surface area contributed by atoms with E-state index >= 15 is 0 Å². The Morgan fingerprint density at radius 2 is 1.13 bits per heavy atom. The number of rotatable bonds is 4. The number of hydrogen-bond donors (Lipinski definition) is 0. The van der Waals surface area contributed by atoms with Crippen molar-refractivity contribution in [2.24, 2.45) is 0 Å². The van der Waals surface area contributed by atoms with Crippen LogP contribution in [-0.2, 0) is 0 Å². The van der Waals surface area contributed by atoms with Crippen molar-refractivity contribution in [2.75, 3.05) is 4.90 Å². The maximum Gasteiger partial charge on any atom is 0.135 e. The molecule has 0 fully saturated rings. The van der Waals surface area contributed by atoms with Crippen LogP contribution in [-0.4, -0.2) is 18.8 Å². The number of nitrogens with zero attached hydrogens (tertiary/aromatic N) is 5. The molecule has 0 spiro atoms. The van der Waals surface area contributed by atoms with Gasteiger partial charge in [-0.05, 0) is 82.6 Å². The van der Waals surface area contributed by atoms with Crippen LogP contribution in [0.4, 0.5) is 17.1 Å². The zero-order valence-corrected chi connectivity index (χ0v) is 24.2. The van der Waals surface area contributed by atoms with Crippen molar-refractivity contribution in [3.05, 3.63) is 152 Å². The summed E-state index contributed by atoms with van der Waals surface area (Å²) < 4.78 is 4.73. The monoisotopic (exact) mass is 575 g/mol. The van der Waals surface area contributed by atoms with Gasteiger partial charge < -0.3 is 4.90 Å². The zero-order valence-electron chi connectivity index (χ0n) is 24.2. The van der Waals surface area contributed by atoms with Crippen molar-refractivity contribution in [3.8, 4) is 11.1 Å². The van der Waals surface area contributed by atoms with Gasteiger partial charge >= 0.3 is 0 Å². The minimum absolute atomic E-state index is 0.973. The second-order valence-corrected chi connectivity index (χ2v) is 11.5.